The van der Waals surface area contributed by atoms with E-state index in [-0.39, 0.29) is 18.5 Å². The maximum atomic E-state index is 13.5. The van der Waals surface area contributed by atoms with Crippen molar-refractivity contribution in [2.75, 3.05) is 24.2 Å². The number of nitrogens with one attached hydrogen (secondary N) is 1. The van der Waals surface area contributed by atoms with Crippen LogP contribution in [-0.2, 0) is 26.2 Å². The Morgan fingerprint density at radius 1 is 1.09 bits per heavy atom. The highest BCUT2D eigenvalue weighted by molar-refractivity contribution is 7.92. The third-order valence-electron chi connectivity index (χ3n) is 5.62. The molecule has 1 N–H and O–H groups in total. The summed E-state index contributed by atoms with van der Waals surface area (Å²) in [6, 6.07) is 13.3. The van der Waals surface area contributed by atoms with Crippen LogP contribution in [0.3, 0.4) is 0 Å². The second-order valence-electron chi connectivity index (χ2n) is 8.48. The van der Waals surface area contributed by atoms with E-state index in [2.05, 4.69) is 5.32 Å². The molecule has 0 unspecified atom stereocenters. The Labute approximate surface area is 202 Å². The van der Waals surface area contributed by atoms with Crippen molar-refractivity contribution >= 4 is 27.5 Å². The summed E-state index contributed by atoms with van der Waals surface area (Å²) < 4.78 is 31.5. The molecule has 0 heterocycles. The Bertz CT molecular complexity index is 1100. The number of anilines is 1. The number of aryl methyl sites for hydroxylation is 1. The van der Waals surface area contributed by atoms with Crippen LogP contribution in [0.4, 0.5) is 5.69 Å². The molecule has 34 heavy (non-hydrogen) atoms. The van der Waals surface area contributed by atoms with E-state index in [9.17, 15) is 18.0 Å². The van der Waals surface area contributed by atoms with Crippen molar-refractivity contribution in [1.29, 1.82) is 0 Å². The molecular weight excluding hydrogens is 454 g/mol. The van der Waals surface area contributed by atoms with Crippen LogP contribution in [0.5, 0.6) is 5.75 Å². The summed E-state index contributed by atoms with van der Waals surface area (Å²) in [5.41, 5.74) is 2.18. The van der Waals surface area contributed by atoms with Crippen LogP contribution in [0.1, 0.15) is 38.3 Å². The summed E-state index contributed by atoms with van der Waals surface area (Å²) in [5.74, 6) is -0.305. The van der Waals surface area contributed by atoms with E-state index in [1.807, 2.05) is 45.0 Å². The Kier molecular flexibility index (Phi) is 9.49. The monoisotopic (exact) mass is 489 g/mol. The van der Waals surface area contributed by atoms with Gasteiger partial charge in [-0.25, -0.2) is 8.42 Å². The van der Waals surface area contributed by atoms with Crippen LogP contribution in [-0.4, -0.2) is 57.1 Å². The SMILES string of the molecule is CC[C@H](C)NC(=O)[C@@H](C)N(Cc1cccc(C)c1)C(=O)CN(c1cccc(OC)c1)S(C)(=O)=O. The molecule has 0 spiro atoms. The molecule has 2 rings (SSSR count). The highest BCUT2D eigenvalue weighted by Gasteiger charge is 2.30. The van der Waals surface area contributed by atoms with E-state index in [0.29, 0.717) is 11.4 Å². The normalized spacial score (nSPS) is 13.0. The molecule has 2 amide bonds. The number of rotatable bonds is 11. The third-order valence-corrected chi connectivity index (χ3v) is 6.76. The van der Waals surface area contributed by atoms with Crippen LogP contribution in [0.25, 0.3) is 0 Å². The van der Waals surface area contributed by atoms with Gasteiger partial charge in [0.2, 0.25) is 21.8 Å². The molecule has 0 saturated carbocycles. The van der Waals surface area contributed by atoms with Crippen LogP contribution in [0.2, 0.25) is 0 Å². The predicted octanol–water partition coefficient (Wildman–Crippen LogP) is 3.10. The van der Waals surface area contributed by atoms with Gasteiger partial charge in [0.1, 0.15) is 18.3 Å². The van der Waals surface area contributed by atoms with Crippen molar-refractivity contribution in [2.24, 2.45) is 0 Å². The number of hydrogen-bond acceptors (Lipinski definition) is 5. The predicted molar refractivity (Wildman–Crippen MR) is 134 cm³/mol. The van der Waals surface area contributed by atoms with Gasteiger partial charge >= 0.3 is 0 Å². The Morgan fingerprint density at radius 2 is 1.76 bits per heavy atom. The quantitative estimate of drug-likeness (QED) is 0.523. The highest BCUT2D eigenvalue weighted by Crippen LogP contribution is 2.23. The van der Waals surface area contributed by atoms with Crippen molar-refractivity contribution < 1.29 is 22.7 Å². The number of methoxy groups -OCH3 is 1. The van der Waals surface area contributed by atoms with Crippen molar-refractivity contribution in [3.63, 3.8) is 0 Å². The molecule has 186 valence electrons. The Balaban J connectivity index is 2.40. The molecule has 2 atom stereocenters. The highest BCUT2D eigenvalue weighted by atomic mass is 32.2. The molecule has 0 aromatic heterocycles. The van der Waals surface area contributed by atoms with Gasteiger partial charge in [0.25, 0.3) is 0 Å². The molecule has 0 bridgehead atoms. The first-order valence-electron chi connectivity index (χ1n) is 11.2. The molecule has 8 nitrogen and oxygen atoms in total. The van der Waals surface area contributed by atoms with Crippen molar-refractivity contribution in [1.82, 2.24) is 10.2 Å². The minimum Gasteiger partial charge on any atom is -0.497 e. The van der Waals surface area contributed by atoms with Crippen molar-refractivity contribution in [3.05, 3.63) is 59.7 Å². The number of hydrogen-bond donors (Lipinski definition) is 1. The van der Waals surface area contributed by atoms with Crippen LogP contribution in [0.15, 0.2) is 48.5 Å². The molecule has 2 aromatic carbocycles. The zero-order valence-corrected chi connectivity index (χ0v) is 21.6. The Morgan fingerprint density at radius 3 is 2.35 bits per heavy atom. The molecule has 2 aromatic rings. The topological polar surface area (TPSA) is 96.0 Å². The lowest BCUT2D eigenvalue weighted by molar-refractivity contribution is -0.139. The van der Waals surface area contributed by atoms with Gasteiger partial charge < -0.3 is 15.0 Å². The van der Waals surface area contributed by atoms with Crippen molar-refractivity contribution in [2.45, 2.75) is 52.7 Å². The number of ether oxygens (including phenoxy) is 1. The summed E-state index contributed by atoms with van der Waals surface area (Å²) in [5, 5.41) is 2.91. The minimum absolute atomic E-state index is 0.0461. The van der Waals surface area contributed by atoms with E-state index in [0.717, 1.165) is 28.1 Å². The molecule has 0 aliphatic carbocycles. The first-order chi connectivity index (χ1) is 16.0. The lowest BCUT2D eigenvalue weighted by atomic mass is 10.1. The van der Waals surface area contributed by atoms with Gasteiger partial charge in [0.05, 0.1) is 19.1 Å². The van der Waals surface area contributed by atoms with E-state index in [1.54, 1.807) is 31.2 Å². The van der Waals surface area contributed by atoms with E-state index in [1.165, 1.54) is 12.0 Å². The average molecular weight is 490 g/mol. The van der Waals surface area contributed by atoms with Gasteiger partial charge in [-0.3, -0.25) is 13.9 Å². The van der Waals surface area contributed by atoms with Gasteiger partial charge in [-0.15, -0.1) is 0 Å². The van der Waals surface area contributed by atoms with Gasteiger partial charge in [-0.1, -0.05) is 42.8 Å². The molecule has 0 aliphatic rings. The van der Waals surface area contributed by atoms with Gasteiger partial charge in [0, 0.05) is 18.7 Å². The Hall–Kier alpha value is -3.07. The number of amides is 2. The molecule has 0 radical (unpaired) electrons. The minimum atomic E-state index is -3.79. The number of carbonyl (C=O) groups excluding carboxylic acids is 2. The van der Waals surface area contributed by atoms with Gasteiger partial charge in [-0.2, -0.15) is 0 Å². The molecule has 0 fully saturated rings. The van der Waals surface area contributed by atoms with E-state index < -0.39 is 28.5 Å². The standard InChI is InChI=1S/C25H35N3O5S/c1-7-19(3)26-25(30)20(4)27(16-21-11-8-10-18(2)14-21)24(29)17-28(34(6,31)32)22-12-9-13-23(15-22)33-5/h8-15,19-20H,7,16-17H2,1-6H3,(H,26,30)/t19-,20+/m0/s1. The number of carbonyl (C=O) groups is 2. The number of nitrogens with zero attached hydrogens (tertiary/aromatic N) is 2. The maximum absolute atomic E-state index is 13.5. The second kappa shape index (κ2) is 11.9. The zero-order valence-electron chi connectivity index (χ0n) is 20.7. The number of sulfonamides is 1. The van der Waals surface area contributed by atoms with Crippen LogP contribution < -0.4 is 14.4 Å². The smallest absolute Gasteiger partial charge is 0.244 e. The summed E-state index contributed by atoms with van der Waals surface area (Å²) in [6.07, 6.45) is 1.80. The average Bonchev–Trinajstić information content (AvgIpc) is 2.79. The van der Waals surface area contributed by atoms with E-state index in [4.69, 9.17) is 4.74 Å². The fraction of sp³-hybridized carbons (Fsp3) is 0.440. The third kappa shape index (κ3) is 7.48. The van der Waals surface area contributed by atoms with E-state index >= 15 is 0 Å². The fourth-order valence-corrected chi connectivity index (χ4v) is 4.28. The second-order valence-corrected chi connectivity index (χ2v) is 10.4. The van der Waals surface area contributed by atoms with Gasteiger partial charge in [0.15, 0.2) is 0 Å². The summed E-state index contributed by atoms with van der Waals surface area (Å²) in [6.45, 7) is 7.18. The first kappa shape index (κ1) is 27.2. The fourth-order valence-electron chi connectivity index (χ4n) is 3.43. The largest absolute Gasteiger partial charge is 0.497 e. The molecule has 9 heteroatoms. The summed E-state index contributed by atoms with van der Waals surface area (Å²) >= 11 is 0. The van der Waals surface area contributed by atoms with Crippen molar-refractivity contribution in [3.8, 4) is 5.75 Å². The zero-order chi connectivity index (χ0) is 25.5. The lowest BCUT2D eigenvalue weighted by Gasteiger charge is -2.32. The molecular formula is C25H35N3O5S. The lowest BCUT2D eigenvalue weighted by Crippen LogP contribution is -2.52. The first-order valence-corrected chi connectivity index (χ1v) is 13.1. The molecule has 0 saturated heterocycles. The molecule has 0 aliphatic heterocycles. The summed E-state index contributed by atoms with van der Waals surface area (Å²) in [7, 11) is -2.31. The van der Waals surface area contributed by atoms with Crippen LogP contribution >= 0.6 is 0 Å². The number of benzene rings is 2. The van der Waals surface area contributed by atoms with Crippen LogP contribution in [0, 0.1) is 6.92 Å². The maximum Gasteiger partial charge on any atom is 0.244 e. The van der Waals surface area contributed by atoms with Gasteiger partial charge in [-0.05, 0) is 44.9 Å². The summed E-state index contributed by atoms with van der Waals surface area (Å²) in [4.78, 5) is 27.8.